The van der Waals surface area contributed by atoms with E-state index < -0.39 is 0 Å². The molecule has 1 saturated heterocycles. The van der Waals surface area contributed by atoms with Crippen LogP contribution in [0.3, 0.4) is 0 Å². The molecule has 1 amide bonds. The number of hydrogen-bond acceptors (Lipinski definition) is 3. The van der Waals surface area contributed by atoms with Gasteiger partial charge in [0, 0.05) is 28.3 Å². The van der Waals surface area contributed by atoms with Gasteiger partial charge in [-0.2, -0.15) is 0 Å². The third-order valence-electron chi connectivity index (χ3n) is 4.28. The molecule has 2 aliphatic rings. The summed E-state index contributed by atoms with van der Waals surface area (Å²) in [6.45, 7) is 6.69. The monoisotopic (exact) mass is 292 g/mol. The zero-order valence-electron chi connectivity index (χ0n) is 12.6. The number of carbonyl (C=O) groups excluding carboxylic acids is 1. The molecule has 3 rings (SSSR count). The summed E-state index contributed by atoms with van der Waals surface area (Å²) in [6, 6.07) is 5.02. The first-order chi connectivity index (χ1) is 9.38. The molecule has 2 N–H and O–H groups in total. The highest BCUT2D eigenvalue weighted by Gasteiger charge is 2.43. The summed E-state index contributed by atoms with van der Waals surface area (Å²) < 4.78 is 0. The molecule has 4 heteroatoms. The lowest BCUT2D eigenvalue weighted by Crippen LogP contribution is -2.49. The normalized spacial score (nSPS) is 28.0. The molecule has 0 radical (unpaired) electrons. The average Bonchev–Trinajstić information content (AvgIpc) is 3.06. The van der Waals surface area contributed by atoms with Crippen LogP contribution in [-0.2, 0) is 10.2 Å². The van der Waals surface area contributed by atoms with Crippen LogP contribution in [0.5, 0.6) is 0 Å². The molecule has 1 aliphatic carbocycles. The van der Waals surface area contributed by atoms with E-state index in [-0.39, 0.29) is 17.5 Å². The third kappa shape index (κ3) is 2.51. The molecule has 1 aromatic heterocycles. The van der Waals surface area contributed by atoms with Crippen molar-refractivity contribution in [2.24, 2.45) is 5.73 Å². The van der Waals surface area contributed by atoms with E-state index in [0.717, 1.165) is 19.3 Å². The van der Waals surface area contributed by atoms with E-state index in [1.807, 2.05) is 11.3 Å². The number of rotatable bonds is 2. The van der Waals surface area contributed by atoms with E-state index in [0.29, 0.717) is 18.4 Å². The van der Waals surface area contributed by atoms with Gasteiger partial charge in [-0.3, -0.25) is 4.79 Å². The standard InChI is InChI=1S/C16H24N2OS/c1-16(2,3)13-8-7-12(20-13)15-11(17)6-9-14(19)18(15)10-4-5-10/h7-8,10-11,15H,4-6,9,17H2,1-3H3. The molecule has 2 fully saturated rings. The molecule has 20 heavy (non-hydrogen) atoms. The predicted molar refractivity (Wildman–Crippen MR) is 82.8 cm³/mol. The summed E-state index contributed by atoms with van der Waals surface area (Å²) in [5, 5.41) is 0. The number of likely N-dealkylation sites (tertiary alicyclic amines) is 1. The van der Waals surface area contributed by atoms with Crippen LogP contribution in [0.15, 0.2) is 12.1 Å². The van der Waals surface area contributed by atoms with Crippen molar-refractivity contribution in [3.05, 3.63) is 21.9 Å². The molecule has 2 atom stereocenters. The van der Waals surface area contributed by atoms with Crippen LogP contribution in [-0.4, -0.2) is 22.9 Å². The largest absolute Gasteiger partial charge is 0.330 e. The van der Waals surface area contributed by atoms with Crippen LogP contribution >= 0.6 is 11.3 Å². The Bertz CT molecular complexity index is 513. The topological polar surface area (TPSA) is 46.3 Å². The smallest absolute Gasteiger partial charge is 0.223 e. The lowest BCUT2D eigenvalue weighted by Gasteiger charge is -2.39. The molecular formula is C16H24N2OS. The lowest BCUT2D eigenvalue weighted by molar-refractivity contribution is -0.138. The number of carbonyl (C=O) groups is 1. The SMILES string of the molecule is CC(C)(C)c1ccc(C2C(N)CCC(=O)N2C2CC2)s1. The Hall–Kier alpha value is -0.870. The zero-order chi connectivity index (χ0) is 14.5. The Morgan fingerprint density at radius 3 is 2.50 bits per heavy atom. The van der Waals surface area contributed by atoms with Crippen molar-refractivity contribution in [2.75, 3.05) is 0 Å². The number of piperidine rings is 1. The molecule has 0 aromatic carbocycles. The number of nitrogens with two attached hydrogens (primary N) is 1. The van der Waals surface area contributed by atoms with Crippen LogP contribution in [0.25, 0.3) is 0 Å². The molecule has 1 saturated carbocycles. The van der Waals surface area contributed by atoms with Crippen molar-refractivity contribution < 1.29 is 4.79 Å². The van der Waals surface area contributed by atoms with Gasteiger partial charge in [0.2, 0.25) is 5.91 Å². The maximum atomic E-state index is 12.3. The molecule has 0 spiro atoms. The van der Waals surface area contributed by atoms with Crippen molar-refractivity contribution in [1.29, 1.82) is 0 Å². The Balaban J connectivity index is 1.92. The fourth-order valence-corrected chi connectivity index (χ4v) is 4.23. The highest BCUT2D eigenvalue weighted by Crippen LogP contribution is 2.43. The molecule has 110 valence electrons. The zero-order valence-corrected chi connectivity index (χ0v) is 13.4. The highest BCUT2D eigenvalue weighted by molar-refractivity contribution is 7.12. The average molecular weight is 292 g/mol. The van der Waals surface area contributed by atoms with Gasteiger partial charge in [-0.25, -0.2) is 0 Å². The van der Waals surface area contributed by atoms with Gasteiger partial charge in [0.15, 0.2) is 0 Å². The van der Waals surface area contributed by atoms with Gasteiger partial charge >= 0.3 is 0 Å². The maximum absolute atomic E-state index is 12.3. The van der Waals surface area contributed by atoms with E-state index in [9.17, 15) is 4.79 Å². The van der Waals surface area contributed by atoms with Crippen LogP contribution in [0.4, 0.5) is 0 Å². The fraction of sp³-hybridized carbons (Fsp3) is 0.688. The van der Waals surface area contributed by atoms with Gasteiger partial charge < -0.3 is 10.6 Å². The minimum Gasteiger partial charge on any atom is -0.330 e. The van der Waals surface area contributed by atoms with Crippen molar-refractivity contribution >= 4 is 17.2 Å². The van der Waals surface area contributed by atoms with Crippen LogP contribution < -0.4 is 5.73 Å². The Morgan fingerprint density at radius 2 is 1.95 bits per heavy atom. The summed E-state index contributed by atoms with van der Waals surface area (Å²) in [7, 11) is 0. The second-order valence-corrected chi connectivity index (χ2v) is 8.25. The predicted octanol–water partition coefficient (Wildman–Crippen LogP) is 3.20. The van der Waals surface area contributed by atoms with Crippen LogP contribution in [0, 0.1) is 0 Å². The maximum Gasteiger partial charge on any atom is 0.223 e. The fourth-order valence-electron chi connectivity index (χ4n) is 2.98. The van der Waals surface area contributed by atoms with Gasteiger partial charge in [-0.05, 0) is 36.8 Å². The van der Waals surface area contributed by atoms with Crippen molar-refractivity contribution in [2.45, 2.75) is 70.0 Å². The number of amides is 1. The minimum atomic E-state index is 0.0831. The molecule has 2 heterocycles. The third-order valence-corrected chi connectivity index (χ3v) is 5.86. The van der Waals surface area contributed by atoms with Gasteiger partial charge in [0.25, 0.3) is 0 Å². The summed E-state index contributed by atoms with van der Waals surface area (Å²) >= 11 is 1.83. The van der Waals surface area contributed by atoms with E-state index in [4.69, 9.17) is 5.73 Å². The first-order valence-corrected chi connectivity index (χ1v) is 8.36. The molecule has 2 unspecified atom stereocenters. The van der Waals surface area contributed by atoms with E-state index in [1.165, 1.54) is 9.75 Å². The highest BCUT2D eigenvalue weighted by atomic mass is 32.1. The lowest BCUT2D eigenvalue weighted by atomic mass is 9.93. The van der Waals surface area contributed by atoms with Gasteiger partial charge in [0.1, 0.15) is 0 Å². The second kappa shape index (κ2) is 4.85. The van der Waals surface area contributed by atoms with Crippen LogP contribution in [0.2, 0.25) is 0 Å². The number of hydrogen-bond donors (Lipinski definition) is 1. The summed E-state index contributed by atoms with van der Waals surface area (Å²) in [5.41, 5.74) is 6.52. The summed E-state index contributed by atoms with van der Waals surface area (Å²) in [4.78, 5) is 17.0. The number of thiophene rings is 1. The Morgan fingerprint density at radius 1 is 1.25 bits per heavy atom. The molecule has 3 nitrogen and oxygen atoms in total. The van der Waals surface area contributed by atoms with Crippen molar-refractivity contribution in [3.63, 3.8) is 0 Å². The summed E-state index contributed by atoms with van der Waals surface area (Å²) in [5.74, 6) is 0.296. The number of nitrogens with zero attached hydrogens (tertiary/aromatic N) is 1. The first kappa shape index (κ1) is 14.1. The molecular weight excluding hydrogens is 268 g/mol. The first-order valence-electron chi connectivity index (χ1n) is 7.55. The molecule has 1 aromatic rings. The molecule has 1 aliphatic heterocycles. The summed E-state index contributed by atoms with van der Waals surface area (Å²) in [6.07, 6.45) is 3.72. The quantitative estimate of drug-likeness (QED) is 0.910. The van der Waals surface area contributed by atoms with Crippen LogP contribution in [0.1, 0.15) is 62.3 Å². The molecule has 0 bridgehead atoms. The van der Waals surface area contributed by atoms with Gasteiger partial charge in [-0.15, -0.1) is 11.3 Å². The van der Waals surface area contributed by atoms with E-state index in [2.05, 4.69) is 37.8 Å². The van der Waals surface area contributed by atoms with Gasteiger partial charge in [0.05, 0.1) is 6.04 Å². The van der Waals surface area contributed by atoms with Crippen molar-refractivity contribution in [1.82, 2.24) is 4.90 Å². The van der Waals surface area contributed by atoms with E-state index >= 15 is 0 Å². The van der Waals surface area contributed by atoms with Crippen molar-refractivity contribution in [3.8, 4) is 0 Å². The van der Waals surface area contributed by atoms with Gasteiger partial charge in [-0.1, -0.05) is 20.8 Å². The van der Waals surface area contributed by atoms with E-state index in [1.54, 1.807) is 0 Å². The second-order valence-electron chi connectivity index (χ2n) is 7.13. The Labute approximate surface area is 125 Å². The minimum absolute atomic E-state index is 0.0831. The Kier molecular flexibility index (Phi) is 3.41.